The molecule has 0 radical (unpaired) electrons. The molecule has 3 aromatic rings. The molecule has 25 heavy (non-hydrogen) atoms. The number of carbonyl (C=O) groups is 1. The Morgan fingerprint density at radius 1 is 1.24 bits per heavy atom. The molecular weight excluding hydrogens is 340 g/mol. The average Bonchev–Trinajstić information content (AvgIpc) is 3.10. The highest BCUT2D eigenvalue weighted by Gasteiger charge is 2.20. The van der Waals surface area contributed by atoms with Gasteiger partial charge < -0.3 is 5.32 Å². The first-order chi connectivity index (χ1) is 11.9. The predicted molar refractivity (Wildman–Crippen MR) is 96.7 cm³/mol. The lowest BCUT2D eigenvalue weighted by Crippen LogP contribution is -2.13. The summed E-state index contributed by atoms with van der Waals surface area (Å²) in [5.74, 6) is -0.379. The zero-order chi connectivity index (χ0) is 18.1. The number of nitrogens with zero attached hydrogens (tertiary/aromatic N) is 3. The fraction of sp³-hybridized carbons (Fsp3) is 0.176. The van der Waals surface area contributed by atoms with Crippen molar-refractivity contribution >= 4 is 28.6 Å². The fourth-order valence-corrected chi connectivity index (χ4v) is 3.47. The van der Waals surface area contributed by atoms with Gasteiger partial charge in [0.05, 0.1) is 31.7 Å². The van der Waals surface area contributed by atoms with E-state index in [2.05, 4.69) is 10.4 Å². The van der Waals surface area contributed by atoms with E-state index in [-0.39, 0.29) is 11.6 Å². The summed E-state index contributed by atoms with van der Waals surface area (Å²) in [5, 5.41) is 18.2. The van der Waals surface area contributed by atoms with Crippen LogP contribution in [0.1, 0.15) is 25.9 Å². The molecule has 128 valence electrons. The molecule has 3 rings (SSSR count). The van der Waals surface area contributed by atoms with Crippen molar-refractivity contribution in [3.8, 4) is 5.69 Å². The highest BCUT2D eigenvalue weighted by molar-refractivity contribution is 7.14. The average molecular weight is 356 g/mol. The zero-order valence-electron chi connectivity index (χ0n) is 13.9. The predicted octanol–water partition coefficient (Wildman–Crippen LogP) is 4.02. The number of aromatic nitrogens is 2. The summed E-state index contributed by atoms with van der Waals surface area (Å²) in [6, 6.07) is 10.6. The van der Waals surface area contributed by atoms with Crippen LogP contribution in [-0.2, 0) is 0 Å². The number of aryl methyl sites for hydroxylation is 3. The first kappa shape index (κ1) is 16.8. The quantitative estimate of drug-likeness (QED) is 0.565. The van der Waals surface area contributed by atoms with Crippen molar-refractivity contribution in [1.29, 1.82) is 0 Å². The van der Waals surface area contributed by atoms with E-state index >= 15 is 0 Å². The Hall–Kier alpha value is -3.00. The number of nitro groups is 1. The molecule has 0 fully saturated rings. The van der Waals surface area contributed by atoms with Gasteiger partial charge in [-0.15, -0.1) is 11.3 Å². The lowest BCUT2D eigenvalue weighted by Gasteiger charge is -2.11. The van der Waals surface area contributed by atoms with Crippen molar-refractivity contribution in [3.63, 3.8) is 0 Å². The molecular formula is C17H16N4O3S. The highest BCUT2D eigenvalue weighted by atomic mass is 32.1. The highest BCUT2D eigenvalue weighted by Crippen LogP contribution is 2.29. The number of para-hydroxylation sites is 2. The summed E-state index contributed by atoms with van der Waals surface area (Å²) in [7, 11) is 0. The summed E-state index contributed by atoms with van der Waals surface area (Å²) >= 11 is 1.10. The van der Waals surface area contributed by atoms with Gasteiger partial charge in [0.15, 0.2) is 0 Å². The number of nitrogens with one attached hydrogen (secondary N) is 1. The molecule has 0 aliphatic heterocycles. The molecule has 0 aliphatic carbocycles. The van der Waals surface area contributed by atoms with Gasteiger partial charge in [-0.2, -0.15) is 5.10 Å². The summed E-state index contributed by atoms with van der Waals surface area (Å²) in [4.78, 5) is 23.8. The number of amides is 1. The molecule has 2 heterocycles. The summed E-state index contributed by atoms with van der Waals surface area (Å²) < 4.78 is 1.76. The molecule has 1 amide bonds. The van der Waals surface area contributed by atoms with Gasteiger partial charge in [0.25, 0.3) is 11.6 Å². The maximum Gasteiger partial charge on any atom is 0.283 e. The molecule has 1 aromatic carbocycles. The van der Waals surface area contributed by atoms with Gasteiger partial charge in [0, 0.05) is 11.8 Å². The van der Waals surface area contributed by atoms with Crippen LogP contribution in [0.3, 0.4) is 0 Å². The van der Waals surface area contributed by atoms with Crippen LogP contribution >= 0.6 is 11.3 Å². The Morgan fingerprint density at radius 3 is 2.56 bits per heavy atom. The maximum absolute atomic E-state index is 12.5. The smallest absolute Gasteiger partial charge is 0.283 e. The standard InChI is InChI=1S/C17H16N4O3S/c1-10-8-11(2)20(19-10)14-7-5-4-6-13(14)18-17(22)16-9-15(21(23)24)12(3)25-16/h4-9H,1-3H3,(H,18,22). The van der Waals surface area contributed by atoms with Crippen LogP contribution in [-0.4, -0.2) is 20.6 Å². The van der Waals surface area contributed by atoms with E-state index in [1.165, 1.54) is 6.07 Å². The van der Waals surface area contributed by atoms with Crippen molar-refractivity contribution in [2.24, 2.45) is 0 Å². The third kappa shape index (κ3) is 3.29. The van der Waals surface area contributed by atoms with E-state index in [1.54, 1.807) is 17.7 Å². The molecule has 7 nitrogen and oxygen atoms in total. The minimum absolute atomic E-state index is 0.0398. The second-order valence-electron chi connectivity index (χ2n) is 5.62. The van der Waals surface area contributed by atoms with Gasteiger partial charge in [0.1, 0.15) is 0 Å². The lowest BCUT2D eigenvalue weighted by molar-refractivity contribution is -0.385. The molecule has 8 heteroatoms. The van der Waals surface area contributed by atoms with E-state index in [0.717, 1.165) is 28.4 Å². The number of carbonyl (C=O) groups excluding carboxylic acids is 1. The Morgan fingerprint density at radius 2 is 1.96 bits per heavy atom. The monoisotopic (exact) mass is 356 g/mol. The van der Waals surface area contributed by atoms with E-state index in [4.69, 9.17) is 0 Å². The van der Waals surface area contributed by atoms with Crippen LogP contribution in [0.15, 0.2) is 36.4 Å². The van der Waals surface area contributed by atoms with Gasteiger partial charge in [0.2, 0.25) is 0 Å². The summed E-state index contributed by atoms with van der Waals surface area (Å²) in [6.07, 6.45) is 0. The SMILES string of the molecule is Cc1cc(C)n(-c2ccccc2NC(=O)c2cc([N+](=O)[O-])c(C)s2)n1. The summed E-state index contributed by atoms with van der Waals surface area (Å²) in [5.41, 5.74) is 3.11. The number of hydrogen-bond acceptors (Lipinski definition) is 5. The molecule has 2 aromatic heterocycles. The first-order valence-corrected chi connectivity index (χ1v) is 8.37. The van der Waals surface area contributed by atoms with Crippen LogP contribution in [0.25, 0.3) is 5.69 Å². The Balaban J connectivity index is 1.94. The Labute approximate surface area is 148 Å². The molecule has 0 spiro atoms. The second kappa shape index (κ2) is 6.48. The number of anilines is 1. The van der Waals surface area contributed by atoms with Crippen LogP contribution < -0.4 is 5.32 Å². The molecule has 0 aliphatic rings. The fourth-order valence-electron chi connectivity index (χ4n) is 2.59. The molecule has 0 saturated heterocycles. The largest absolute Gasteiger partial charge is 0.319 e. The zero-order valence-corrected chi connectivity index (χ0v) is 14.8. The van der Waals surface area contributed by atoms with E-state index in [1.807, 2.05) is 38.1 Å². The number of thiophene rings is 1. The summed E-state index contributed by atoms with van der Waals surface area (Å²) in [6.45, 7) is 5.46. The molecule has 0 saturated carbocycles. The van der Waals surface area contributed by atoms with Gasteiger partial charge >= 0.3 is 0 Å². The molecule has 0 unspecified atom stereocenters. The second-order valence-corrected chi connectivity index (χ2v) is 6.88. The Kier molecular flexibility index (Phi) is 4.37. The van der Waals surface area contributed by atoms with E-state index < -0.39 is 4.92 Å². The van der Waals surface area contributed by atoms with Gasteiger partial charge in [-0.05, 0) is 39.0 Å². The normalized spacial score (nSPS) is 10.7. The van der Waals surface area contributed by atoms with E-state index in [0.29, 0.717) is 15.4 Å². The molecule has 0 atom stereocenters. The number of rotatable bonds is 4. The number of hydrogen-bond donors (Lipinski definition) is 1. The van der Waals surface area contributed by atoms with E-state index in [9.17, 15) is 14.9 Å². The first-order valence-electron chi connectivity index (χ1n) is 7.55. The minimum Gasteiger partial charge on any atom is -0.319 e. The van der Waals surface area contributed by atoms with Crippen molar-refractivity contribution in [3.05, 3.63) is 67.7 Å². The van der Waals surface area contributed by atoms with Gasteiger partial charge in [-0.25, -0.2) is 4.68 Å². The van der Waals surface area contributed by atoms with Crippen LogP contribution in [0, 0.1) is 30.9 Å². The Bertz CT molecular complexity index is 974. The maximum atomic E-state index is 12.5. The van der Waals surface area contributed by atoms with Crippen molar-refractivity contribution in [2.75, 3.05) is 5.32 Å². The van der Waals surface area contributed by atoms with Crippen LogP contribution in [0.2, 0.25) is 0 Å². The van der Waals surface area contributed by atoms with Crippen molar-refractivity contribution < 1.29 is 9.72 Å². The number of benzene rings is 1. The lowest BCUT2D eigenvalue weighted by atomic mass is 10.2. The van der Waals surface area contributed by atoms with Gasteiger partial charge in [-0.3, -0.25) is 14.9 Å². The molecule has 1 N–H and O–H groups in total. The van der Waals surface area contributed by atoms with Crippen LogP contribution in [0.5, 0.6) is 0 Å². The van der Waals surface area contributed by atoms with Crippen LogP contribution in [0.4, 0.5) is 11.4 Å². The third-order valence-electron chi connectivity index (χ3n) is 3.70. The minimum atomic E-state index is -0.480. The third-order valence-corrected chi connectivity index (χ3v) is 4.74. The van der Waals surface area contributed by atoms with Crippen molar-refractivity contribution in [2.45, 2.75) is 20.8 Å². The van der Waals surface area contributed by atoms with Crippen molar-refractivity contribution in [1.82, 2.24) is 9.78 Å². The topological polar surface area (TPSA) is 90.1 Å². The van der Waals surface area contributed by atoms with Gasteiger partial charge in [-0.1, -0.05) is 12.1 Å². The molecule has 0 bridgehead atoms.